The van der Waals surface area contributed by atoms with E-state index in [1.807, 2.05) is 18.2 Å². The molecule has 0 amide bonds. The van der Waals surface area contributed by atoms with Crippen LogP contribution in [0.25, 0.3) is 11.4 Å². The first-order chi connectivity index (χ1) is 12.4. The molecule has 0 saturated carbocycles. The lowest BCUT2D eigenvalue weighted by Crippen LogP contribution is -2.26. The third-order valence-electron chi connectivity index (χ3n) is 3.68. The molecule has 0 atom stereocenters. The molecule has 2 aromatic heterocycles. The summed E-state index contributed by atoms with van der Waals surface area (Å²) in [6, 6.07) is 7.29. The number of nitrogens with zero attached hydrogens (tertiary/aromatic N) is 3. The minimum absolute atomic E-state index is 0.0535. The van der Waals surface area contributed by atoms with Gasteiger partial charge in [-0.3, -0.25) is 0 Å². The van der Waals surface area contributed by atoms with Crippen molar-refractivity contribution in [3.63, 3.8) is 0 Å². The summed E-state index contributed by atoms with van der Waals surface area (Å²) in [4.78, 5) is 4.34. The maximum atomic E-state index is 12.3. The molecule has 0 aliphatic rings. The normalized spacial score (nSPS) is 11.7. The molecule has 0 radical (unpaired) electrons. The monoisotopic (exact) mass is 378 g/mol. The Bertz CT molecular complexity index is 990. The van der Waals surface area contributed by atoms with Crippen molar-refractivity contribution in [2.24, 2.45) is 0 Å². The van der Waals surface area contributed by atoms with Crippen molar-refractivity contribution in [3.05, 3.63) is 41.6 Å². The van der Waals surface area contributed by atoms with Gasteiger partial charge in [0.2, 0.25) is 21.7 Å². The van der Waals surface area contributed by atoms with Crippen molar-refractivity contribution in [1.82, 2.24) is 20.0 Å². The van der Waals surface area contributed by atoms with Crippen LogP contribution in [0.3, 0.4) is 0 Å². The van der Waals surface area contributed by atoms with Crippen LogP contribution >= 0.6 is 0 Å². The number of aromatic nitrogens is 3. The first kappa shape index (κ1) is 18.1. The SMILES string of the molecule is COc1ccccc1-c1noc(CCNS(=O)(=O)c2c(C)noc2C)n1. The lowest BCUT2D eigenvalue weighted by Gasteiger charge is -2.04. The van der Waals surface area contributed by atoms with E-state index in [-0.39, 0.29) is 23.6 Å². The summed E-state index contributed by atoms with van der Waals surface area (Å²) in [7, 11) is -2.16. The molecule has 0 fully saturated rings. The van der Waals surface area contributed by atoms with E-state index in [0.717, 1.165) is 0 Å². The summed E-state index contributed by atoms with van der Waals surface area (Å²) < 4.78 is 42.5. The molecule has 0 unspecified atom stereocenters. The summed E-state index contributed by atoms with van der Waals surface area (Å²) in [6.45, 7) is 3.22. The Morgan fingerprint density at radius 2 is 1.92 bits per heavy atom. The van der Waals surface area contributed by atoms with E-state index >= 15 is 0 Å². The number of benzene rings is 1. The molecule has 3 aromatic rings. The van der Waals surface area contributed by atoms with E-state index in [1.165, 1.54) is 0 Å². The van der Waals surface area contributed by atoms with Gasteiger partial charge in [-0.05, 0) is 26.0 Å². The third kappa shape index (κ3) is 3.60. The number of para-hydroxylation sites is 1. The maximum absolute atomic E-state index is 12.3. The van der Waals surface area contributed by atoms with Crippen LogP contribution in [0.15, 0.2) is 38.2 Å². The molecular weight excluding hydrogens is 360 g/mol. The lowest BCUT2D eigenvalue weighted by atomic mass is 10.2. The predicted octanol–water partition coefficient (Wildman–Crippen LogP) is 1.87. The largest absolute Gasteiger partial charge is 0.496 e. The molecule has 26 heavy (non-hydrogen) atoms. The van der Waals surface area contributed by atoms with Crippen LogP contribution in [0.5, 0.6) is 5.75 Å². The van der Waals surface area contributed by atoms with Crippen molar-refractivity contribution in [2.45, 2.75) is 25.2 Å². The van der Waals surface area contributed by atoms with Gasteiger partial charge in [-0.2, -0.15) is 4.98 Å². The highest BCUT2D eigenvalue weighted by atomic mass is 32.2. The zero-order chi connectivity index (χ0) is 18.7. The van der Waals surface area contributed by atoms with Crippen LogP contribution in [-0.2, 0) is 16.4 Å². The van der Waals surface area contributed by atoms with Gasteiger partial charge in [-0.15, -0.1) is 0 Å². The summed E-state index contributed by atoms with van der Waals surface area (Å²) >= 11 is 0. The van der Waals surface area contributed by atoms with Crippen LogP contribution in [0, 0.1) is 13.8 Å². The second-order valence-corrected chi connectivity index (χ2v) is 7.22. The van der Waals surface area contributed by atoms with Crippen molar-refractivity contribution >= 4 is 10.0 Å². The van der Waals surface area contributed by atoms with Gasteiger partial charge in [0.1, 0.15) is 16.3 Å². The Hall–Kier alpha value is -2.72. The second kappa shape index (κ2) is 7.26. The molecule has 2 heterocycles. The highest BCUT2D eigenvalue weighted by Gasteiger charge is 2.24. The van der Waals surface area contributed by atoms with E-state index in [4.69, 9.17) is 13.8 Å². The van der Waals surface area contributed by atoms with Gasteiger partial charge in [-0.1, -0.05) is 22.4 Å². The average molecular weight is 378 g/mol. The maximum Gasteiger partial charge on any atom is 0.245 e. The predicted molar refractivity (Wildman–Crippen MR) is 91.2 cm³/mol. The number of rotatable bonds is 7. The second-order valence-electron chi connectivity index (χ2n) is 5.51. The summed E-state index contributed by atoms with van der Waals surface area (Å²) in [5.41, 5.74) is 1.01. The van der Waals surface area contributed by atoms with Gasteiger partial charge in [-0.25, -0.2) is 13.1 Å². The van der Waals surface area contributed by atoms with Gasteiger partial charge in [0.25, 0.3) is 0 Å². The van der Waals surface area contributed by atoms with Gasteiger partial charge >= 0.3 is 0 Å². The van der Waals surface area contributed by atoms with Crippen molar-refractivity contribution in [1.29, 1.82) is 0 Å². The Morgan fingerprint density at radius 3 is 2.62 bits per heavy atom. The zero-order valence-electron chi connectivity index (χ0n) is 14.5. The fraction of sp³-hybridized carbons (Fsp3) is 0.312. The topological polar surface area (TPSA) is 120 Å². The summed E-state index contributed by atoms with van der Waals surface area (Å²) in [5.74, 6) is 1.56. The number of aryl methyl sites for hydroxylation is 2. The van der Waals surface area contributed by atoms with Crippen LogP contribution in [0.4, 0.5) is 0 Å². The Kier molecular flexibility index (Phi) is 5.05. The number of sulfonamides is 1. The first-order valence-electron chi connectivity index (χ1n) is 7.81. The molecule has 10 heteroatoms. The molecule has 138 valence electrons. The highest BCUT2D eigenvalue weighted by molar-refractivity contribution is 7.89. The number of methoxy groups -OCH3 is 1. The van der Waals surface area contributed by atoms with E-state index < -0.39 is 10.0 Å². The first-order valence-corrected chi connectivity index (χ1v) is 9.29. The van der Waals surface area contributed by atoms with Crippen LogP contribution in [0.1, 0.15) is 17.3 Å². The van der Waals surface area contributed by atoms with E-state index in [2.05, 4.69) is 20.0 Å². The van der Waals surface area contributed by atoms with Gasteiger partial charge in [0.05, 0.1) is 12.7 Å². The van der Waals surface area contributed by atoms with Gasteiger partial charge < -0.3 is 13.8 Å². The molecule has 1 aromatic carbocycles. The minimum atomic E-state index is -3.72. The van der Waals surface area contributed by atoms with Crippen LogP contribution in [0.2, 0.25) is 0 Å². The Labute approximate surface area is 150 Å². The molecule has 0 aliphatic carbocycles. The van der Waals surface area contributed by atoms with Crippen LogP contribution < -0.4 is 9.46 Å². The standard InChI is InChI=1S/C16H18N4O5S/c1-10-15(11(2)24-19-10)26(21,22)17-9-8-14-18-16(20-25-14)12-6-4-5-7-13(12)23-3/h4-7,17H,8-9H2,1-3H3. The van der Waals surface area contributed by atoms with E-state index in [9.17, 15) is 8.42 Å². The van der Waals surface area contributed by atoms with Crippen molar-refractivity contribution in [3.8, 4) is 17.1 Å². The van der Waals surface area contributed by atoms with Gasteiger partial charge in [0, 0.05) is 13.0 Å². The molecule has 1 N–H and O–H groups in total. The Balaban J connectivity index is 1.67. The van der Waals surface area contributed by atoms with E-state index in [0.29, 0.717) is 28.7 Å². The molecular formula is C16H18N4O5S. The highest BCUT2D eigenvalue weighted by Crippen LogP contribution is 2.27. The average Bonchev–Trinajstić information content (AvgIpc) is 3.21. The Morgan fingerprint density at radius 1 is 1.15 bits per heavy atom. The molecule has 0 spiro atoms. The number of ether oxygens (including phenoxy) is 1. The fourth-order valence-corrected chi connectivity index (χ4v) is 3.87. The minimum Gasteiger partial charge on any atom is -0.496 e. The van der Waals surface area contributed by atoms with Crippen molar-refractivity contribution < 1.29 is 22.2 Å². The lowest BCUT2D eigenvalue weighted by molar-refractivity contribution is 0.378. The molecule has 0 aliphatic heterocycles. The molecule has 0 saturated heterocycles. The molecule has 9 nitrogen and oxygen atoms in total. The number of nitrogens with one attached hydrogen (secondary N) is 1. The summed E-state index contributed by atoms with van der Waals surface area (Å²) in [5, 5.41) is 7.57. The summed E-state index contributed by atoms with van der Waals surface area (Å²) in [6.07, 6.45) is 0.241. The number of hydrogen-bond donors (Lipinski definition) is 1. The fourth-order valence-electron chi connectivity index (χ4n) is 2.52. The molecule has 3 rings (SSSR count). The third-order valence-corrected chi connectivity index (χ3v) is 5.39. The van der Waals surface area contributed by atoms with Gasteiger partial charge in [0.15, 0.2) is 5.76 Å². The quantitative estimate of drug-likeness (QED) is 0.661. The van der Waals surface area contributed by atoms with Crippen molar-refractivity contribution in [2.75, 3.05) is 13.7 Å². The van der Waals surface area contributed by atoms with E-state index in [1.54, 1.807) is 27.0 Å². The number of hydrogen-bond acceptors (Lipinski definition) is 8. The molecule has 0 bridgehead atoms. The smallest absolute Gasteiger partial charge is 0.245 e. The van der Waals surface area contributed by atoms with Crippen LogP contribution in [-0.4, -0.2) is 37.4 Å². The zero-order valence-corrected chi connectivity index (χ0v) is 15.3.